The first-order chi connectivity index (χ1) is 8.11. The molecule has 0 saturated heterocycles. The highest BCUT2D eigenvalue weighted by atomic mass is 16.2. The molecule has 3 amide bonds. The predicted molar refractivity (Wildman–Crippen MR) is 67.3 cm³/mol. The van der Waals surface area contributed by atoms with Gasteiger partial charge in [0.05, 0.1) is 0 Å². The number of primary amides is 1. The summed E-state index contributed by atoms with van der Waals surface area (Å²) in [7, 11) is 0. The van der Waals surface area contributed by atoms with Gasteiger partial charge in [-0.15, -0.1) is 0 Å². The summed E-state index contributed by atoms with van der Waals surface area (Å²) < 4.78 is 0. The van der Waals surface area contributed by atoms with Gasteiger partial charge < -0.3 is 22.1 Å². The molecule has 0 rings (SSSR count). The second-order valence-electron chi connectivity index (χ2n) is 3.99. The van der Waals surface area contributed by atoms with E-state index in [1.807, 2.05) is 6.92 Å². The molecule has 100 valence electrons. The first-order valence-corrected chi connectivity index (χ1v) is 6.15. The lowest BCUT2D eigenvalue weighted by atomic mass is 10.1. The van der Waals surface area contributed by atoms with E-state index in [4.69, 9.17) is 11.5 Å². The summed E-state index contributed by atoms with van der Waals surface area (Å²) in [5.41, 5.74) is 10.4. The summed E-state index contributed by atoms with van der Waals surface area (Å²) in [6.07, 6.45) is 4.18. The molecule has 0 bridgehead atoms. The fraction of sp³-hybridized carbons (Fsp3) is 0.818. The fourth-order valence-corrected chi connectivity index (χ4v) is 1.45. The quantitative estimate of drug-likeness (QED) is 0.431. The molecule has 0 aromatic rings. The molecule has 1 unspecified atom stereocenters. The van der Waals surface area contributed by atoms with Crippen LogP contribution in [0.2, 0.25) is 0 Å². The first kappa shape index (κ1) is 15.7. The van der Waals surface area contributed by atoms with Gasteiger partial charge in [0, 0.05) is 6.54 Å². The Hall–Kier alpha value is -1.30. The third kappa shape index (κ3) is 8.50. The van der Waals surface area contributed by atoms with Crippen molar-refractivity contribution in [3.05, 3.63) is 0 Å². The number of hydrogen-bond donors (Lipinski definition) is 4. The Balaban J connectivity index is 3.98. The zero-order valence-electron chi connectivity index (χ0n) is 10.5. The lowest BCUT2D eigenvalue weighted by molar-refractivity contribution is -0.123. The van der Waals surface area contributed by atoms with Crippen molar-refractivity contribution in [2.75, 3.05) is 13.1 Å². The minimum atomic E-state index is -0.664. The van der Waals surface area contributed by atoms with E-state index in [2.05, 4.69) is 10.6 Å². The Kier molecular flexibility index (Phi) is 9.14. The van der Waals surface area contributed by atoms with Gasteiger partial charge >= 0.3 is 6.03 Å². The fourth-order valence-electron chi connectivity index (χ4n) is 1.45. The Morgan fingerprint density at radius 2 is 1.94 bits per heavy atom. The van der Waals surface area contributed by atoms with Crippen molar-refractivity contribution in [1.29, 1.82) is 0 Å². The van der Waals surface area contributed by atoms with Crippen molar-refractivity contribution in [2.45, 2.75) is 45.1 Å². The van der Waals surface area contributed by atoms with E-state index in [-0.39, 0.29) is 5.91 Å². The van der Waals surface area contributed by atoms with Crippen molar-refractivity contribution in [2.24, 2.45) is 11.5 Å². The highest BCUT2D eigenvalue weighted by Crippen LogP contribution is 2.00. The third-order valence-corrected chi connectivity index (χ3v) is 2.41. The highest BCUT2D eigenvalue weighted by Gasteiger charge is 2.18. The van der Waals surface area contributed by atoms with Crippen molar-refractivity contribution in [3.8, 4) is 0 Å². The zero-order valence-corrected chi connectivity index (χ0v) is 10.5. The second-order valence-corrected chi connectivity index (χ2v) is 3.99. The smallest absolute Gasteiger partial charge is 0.312 e. The number of amides is 3. The van der Waals surface area contributed by atoms with Gasteiger partial charge in [-0.1, -0.05) is 19.8 Å². The lowest BCUT2D eigenvalue weighted by Gasteiger charge is -2.16. The van der Waals surface area contributed by atoms with E-state index >= 15 is 0 Å². The average molecular weight is 244 g/mol. The molecule has 0 aromatic heterocycles. The molecule has 0 aliphatic carbocycles. The van der Waals surface area contributed by atoms with Gasteiger partial charge in [0.25, 0.3) is 0 Å². The molecule has 6 N–H and O–H groups in total. The summed E-state index contributed by atoms with van der Waals surface area (Å²) in [6, 6.07) is -1.19. The Morgan fingerprint density at radius 1 is 1.24 bits per heavy atom. The summed E-state index contributed by atoms with van der Waals surface area (Å²) in [6.45, 7) is 3.23. The van der Waals surface area contributed by atoms with Crippen molar-refractivity contribution >= 4 is 11.9 Å². The van der Waals surface area contributed by atoms with Crippen LogP contribution in [0.1, 0.15) is 39.0 Å². The molecule has 0 radical (unpaired) electrons. The van der Waals surface area contributed by atoms with Gasteiger partial charge in [0.15, 0.2) is 0 Å². The van der Waals surface area contributed by atoms with Crippen molar-refractivity contribution in [1.82, 2.24) is 10.6 Å². The summed E-state index contributed by atoms with van der Waals surface area (Å²) >= 11 is 0. The summed E-state index contributed by atoms with van der Waals surface area (Å²) in [5.74, 6) is -0.172. The van der Waals surface area contributed by atoms with Crippen LogP contribution in [0.15, 0.2) is 0 Å². The van der Waals surface area contributed by atoms with Gasteiger partial charge in [0.1, 0.15) is 6.04 Å². The number of rotatable bonds is 9. The number of hydrogen-bond acceptors (Lipinski definition) is 3. The number of nitrogens with one attached hydrogen (secondary N) is 2. The van der Waals surface area contributed by atoms with Crippen LogP contribution in [-0.4, -0.2) is 31.1 Å². The van der Waals surface area contributed by atoms with Gasteiger partial charge in [0.2, 0.25) is 5.91 Å². The molecule has 0 aliphatic rings. The average Bonchev–Trinajstić information content (AvgIpc) is 2.29. The maximum Gasteiger partial charge on any atom is 0.312 e. The molecule has 0 saturated carbocycles. The molecular formula is C11H24N4O2. The lowest BCUT2D eigenvalue weighted by Crippen LogP contribution is -2.48. The molecular weight excluding hydrogens is 220 g/mol. The SMILES string of the molecule is CCCCC(NC(N)=O)C(=O)NCCCCN. The third-order valence-electron chi connectivity index (χ3n) is 2.41. The van der Waals surface area contributed by atoms with Gasteiger partial charge in [-0.25, -0.2) is 4.79 Å². The molecule has 1 atom stereocenters. The van der Waals surface area contributed by atoms with Gasteiger partial charge in [-0.2, -0.15) is 0 Å². The van der Waals surface area contributed by atoms with E-state index < -0.39 is 12.1 Å². The largest absolute Gasteiger partial charge is 0.354 e. The zero-order chi connectivity index (χ0) is 13.1. The van der Waals surface area contributed by atoms with E-state index in [0.717, 1.165) is 25.7 Å². The van der Waals surface area contributed by atoms with E-state index in [0.29, 0.717) is 19.5 Å². The first-order valence-electron chi connectivity index (χ1n) is 6.15. The summed E-state index contributed by atoms with van der Waals surface area (Å²) in [5, 5.41) is 5.22. The van der Waals surface area contributed by atoms with E-state index in [1.54, 1.807) is 0 Å². The summed E-state index contributed by atoms with van der Waals surface area (Å²) in [4.78, 5) is 22.5. The van der Waals surface area contributed by atoms with Crippen LogP contribution < -0.4 is 22.1 Å². The maximum absolute atomic E-state index is 11.7. The van der Waals surface area contributed by atoms with Gasteiger partial charge in [-0.3, -0.25) is 4.79 Å². The molecule has 0 spiro atoms. The van der Waals surface area contributed by atoms with Crippen LogP contribution in [-0.2, 0) is 4.79 Å². The molecule has 0 aliphatic heterocycles. The normalized spacial score (nSPS) is 11.9. The van der Waals surface area contributed by atoms with E-state index in [1.165, 1.54) is 0 Å². The standard InChI is InChI=1S/C11H24N4O2/c1-2-3-6-9(15-11(13)17)10(16)14-8-5-4-7-12/h9H,2-8,12H2,1H3,(H,14,16)(H3,13,15,17). The highest BCUT2D eigenvalue weighted by molar-refractivity contribution is 5.86. The molecule has 6 nitrogen and oxygen atoms in total. The van der Waals surface area contributed by atoms with E-state index in [9.17, 15) is 9.59 Å². The van der Waals surface area contributed by atoms with Crippen molar-refractivity contribution < 1.29 is 9.59 Å². The number of unbranched alkanes of at least 4 members (excludes halogenated alkanes) is 2. The minimum absolute atomic E-state index is 0.172. The molecule has 17 heavy (non-hydrogen) atoms. The predicted octanol–water partition coefficient (Wildman–Crippen LogP) is 0.0686. The molecule has 0 aromatic carbocycles. The second kappa shape index (κ2) is 9.89. The topological polar surface area (TPSA) is 110 Å². The monoisotopic (exact) mass is 244 g/mol. The number of carbonyl (C=O) groups is 2. The number of nitrogens with two attached hydrogens (primary N) is 2. The van der Waals surface area contributed by atoms with Crippen LogP contribution in [0.5, 0.6) is 0 Å². The number of urea groups is 1. The Labute approximate surface area is 102 Å². The van der Waals surface area contributed by atoms with Crippen LogP contribution in [0.4, 0.5) is 4.79 Å². The minimum Gasteiger partial charge on any atom is -0.354 e. The van der Waals surface area contributed by atoms with Crippen LogP contribution in [0, 0.1) is 0 Å². The molecule has 0 heterocycles. The Morgan fingerprint density at radius 3 is 2.47 bits per heavy atom. The number of carbonyl (C=O) groups excluding carboxylic acids is 2. The Bertz CT molecular complexity index is 234. The molecule has 6 heteroatoms. The molecule has 0 fully saturated rings. The van der Waals surface area contributed by atoms with Crippen molar-refractivity contribution in [3.63, 3.8) is 0 Å². The van der Waals surface area contributed by atoms with Crippen LogP contribution >= 0.6 is 0 Å². The van der Waals surface area contributed by atoms with Crippen LogP contribution in [0.3, 0.4) is 0 Å². The van der Waals surface area contributed by atoms with Crippen LogP contribution in [0.25, 0.3) is 0 Å². The maximum atomic E-state index is 11.7. The van der Waals surface area contributed by atoms with Gasteiger partial charge in [-0.05, 0) is 25.8 Å².